The van der Waals surface area contributed by atoms with Crippen LogP contribution in [0.15, 0.2) is 18.6 Å². The summed E-state index contributed by atoms with van der Waals surface area (Å²) in [6.45, 7) is -0.466. The number of fused-ring (bicyclic) bond motifs is 1. The number of nitrogens with zero attached hydrogens (tertiary/aromatic N) is 3. The zero-order valence-corrected chi connectivity index (χ0v) is 17.0. The number of carbonyl (C=O) groups excluding carboxylic acids is 1. The van der Waals surface area contributed by atoms with Gasteiger partial charge in [-0.2, -0.15) is 0 Å². The van der Waals surface area contributed by atoms with E-state index < -0.39 is 63.4 Å². The first-order chi connectivity index (χ1) is 14.6. The van der Waals surface area contributed by atoms with Crippen molar-refractivity contribution in [2.75, 3.05) is 18.7 Å². The fourth-order valence-corrected chi connectivity index (χ4v) is 3.70. The minimum atomic E-state index is -4.41. The fraction of sp³-hybridized carbons (Fsp3) is 0.500. The molecule has 0 aromatic carbocycles. The molecule has 0 radical (unpaired) electrons. The predicted octanol–water partition coefficient (Wildman–Crippen LogP) is -0.833. The van der Waals surface area contributed by atoms with Crippen molar-refractivity contribution in [1.29, 1.82) is 0 Å². The Bertz CT molecular complexity index is 1010. The molecule has 0 bridgehead atoms. The Kier molecular flexibility index (Phi) is 6.89. The molecule has 1 saturated heterocycles. The molecule has 0 aliphatic carbocycles. The number of aliphatic carboxylic acids is 1. The van der Waals surface area contributed by atoms with Gasteiger partial charge in [0.2, 0.25) is 0 Å². The Morgan fingerprint density at radius 3 is 2.87 bits per heavy atom. The van der Waals surface area contributed by atoms with E-state index in [0.29, 0.717) is 16.9 Å². The summed E-state index contributed by atoms with van der Waals surface area (Å²) in [5.74, 6) is -2.48. The van der Waals surface area contributed by atoms with E-state index in [2.05, 4.69) is 14.7 Å². The van der Waals surface area contributed by atoms with E-state index in [1.807, 2.05) is 0 Å². The van der Waals surface area contributed by atoms with Crippen molar-refractivity contribution < 1.29 is 43.3 Å². The fourth-order valence-electron chi connectivity index (χ4n) is 2.95. The Morgan fingerprint density at radius 1 is 1.42 bits per heavy atom. The third-order valence-corrected chi connectivity index (χ3v) is 5.52. The van der Waals surface area contributed by atoms with Crippen LogP contribution in [0.4, 0.5) is 5.69 Å². The smallest absolute Gasteiger partial charge is 0.365 e. The highest BCUT2D eigenvalue weighted by Crippen LogP contribution is 2.43. The van der Waals surface area contributed by atoms with Crippen molar-refractivity contribution in [3.8, 4) is 0 Å². The van der Waals surface area contributed by atoms with Crippen LogP contribution in [-0.2, 0) is 28.2 Å². The lowest BCUT2D eigenvalue weighted by atomic mass is 10.2. The number of hydrogen-bond donors (Lipinski definition) is 5. The van der Waals surface area contributed by atoms with Gasteiger partial charge in [0.25, 0.3) is 0 Å². The quantitative estimate of drug-likeness (QED) is 0.228. The van der Waals surface area contributed by atoms with Gasteiger partial charge in [0.15, 0.2) is 12.0 Å². The number of esters is 1. The predicted molar refractivity (Wildman–Crippen MR) is 103 cm³/mol. The number of anilines is 1. The zero-order valence-electron chi connectivity index (χ0n) is 16.1. The van der Waals surface area contributed by atoms with Gasteiger partial charge < -0.3 is 40.6 Å². The van der Waals surface area contributed by atoms with Crippen LogP contribution in [0.5, 0.6) is 0 Å². The molecule has 14 nitrogen and oxygen atoms in total. The first-order valence-electron chi connectivity index (χ1n) is 9.08. The van der Waals surface area contributed by atoms with E-state index >= 15 is 0 Å². The average molecular weight is 459 g/mol. The second-order valence-electron chi connectivity index (χ2n) is 6.89. The number of aliphatic hydroxyl groups is 1. The summed E-state index contributed by atoms with van der Waals surface area (Å²) in [5, 5.41) is 18.8. The first-order valence-corrected chi connectivity index (χ1v) is 10.8. The number of carboxylic acid groups (broad SMARTS) is 1. The maximum Gasteiger partial charge on any atom is 0.365 e. The van der Waals surface area contributed by atoms with Crippen molar-refractivity contribution in [1.82, 2.24) is 14.5 Å². The molecule has 3 heterocycles. The number of imidazole rings is 1. The molecule has 0 spiro atoms. The normalized spacial score (nSPS) is 24.0. The summed E-state index contributed by atoms with van der Waals surface area (Å²) in [6.07, 6.45) is -1.23. The van der Waals surface area contributed by atoms with Gasteiger partial charge in [-0.15, -0.1) is 0 Å². The lowest BCUT2D eigenvalue weighted by Crippen LogP contribution is -2.34. The highest BCUT2D eigenvalue weighted by molar-refractivity contribution is 7.52. The van der Waals surface area contributed by atoms with Gasteiger partial charge in [-0.05, 0) is 6.07 Å². The summed E-state index contributed by atoms with van der Waals surface area (Å²) in [4.78, 5) is 40.3. The molecular formula is C16H22N5O9P. The third kappa shape index (κ3) is 5.55. The van der Waals surface area contributed by atoms with Crippen LogP contribution in [-0.4, -0.2) is 72.8 Å². The Labute approximate surface area is 175 Å². The van der Waals surface area contributed by atoms with Crippen molar-refractivity contribution in [3.05, 3.63) is 18.6 Å². The summed E-state index contributed by atoms with van der Waals surface area (Å²) in [7, 11) is -4.41. The van der Waals surface area contributed by atoms with Crippen LogP contribution >= 0.6 is 7.60 Å². The number of aliphatic hydroxyl groups excluding tert-OH is 1. The Hall–Kier alpha value is -2.61. The molecule has 2 aromatic rings. The van der Waals surface area contributed by atoms with Crippen LogP contribution in [0.1, 0.15) is 19.1 Å². The molecule has 0 saturated carbocycles. The van der Waals surface area contributed by atoms with Gasteiger partial charge in [0, 0.05) is 12.6 Å². The van der Waals surface area contributed by atoms with E-state index in [-0.39, 0.29) is 6.42 Å². The highest BCUT2D eigenvalue weighted by Gasteiger charge is 2.38. The molecule has 2 aromatic heterocycles. The van der Waals surface area contributed by atoms with E-state index in [1.54, 1.807) is 10.6 Å². The molecule has 170 valence electrons. The van der Waals surface area contributed by atoms with Gasteiger partial charge in [-0.3, -0.25) is 18.7 Å². The molecule has 1 aliphatic heterocycles. The van der Waals surface area contributed by atoms with Gasteiger partial charge in [0.1, 0.15) is 23.9 Å². The molecule has 31 heavy (non-hydrogen) atoms. The van der Waals surface area contributed by atoms with E-state index in [4.69, 9.17) is 25.8 Å². The molecule has 7 N–H and O–H groups in total. The SMILES string of the molecule is Nc1ccnc2c1ncn2[C@H]1C[C@H](O)[C@@H](COP(=O)(O)COC(=O)[C@@H](N)CC(=O)O)O1. The van der Waals surface area contributed by atoms with Gasteiger partial charge in [-0.25, -0.2) is 9.97 Å². The average Bonchev–Trinajstić information content (AvgIpc) is 3.28. The minimum absolute atomic E-state index is 0.144. The van der Waals surface area contributed by atoms with Gasteiger partial charge >= 0.3 is 19.5 Å². The molecule has 1 aliphatic rings. The first kappa shape index (κ1) is 23.1. The molecule has 3 rings (SSSR count). The summed E-state index contributed by atoms with van der Waals surface area (Å²) in [6, 6.07) is 0.117. The minimum Gasteiger partial charge on any atom is -0.481 e. The van der Waals surface area contributed by atoms with Crippen LogP contribution in [0.25, 0.3) is 11.2 Å². The second-order valence-corrected chi connectivity index (χ2v) is 8.68. The lowest BCUT2D eigenvalue weighted by molar-refractivity contribution is -0.148. The van der Waals surface area contributed by atoms with Crippen LogP contribution < -0.4 is 11.5 Å². The Balaban J connectivity index is 1.54. The van der Waals surface area contributed by atoms with Gasteiger partial charge in [-0.1, -0.05) is 0 Å². The number of pyridine rings is 1. The third-order valence-electron chi connectivity index (χ3n) is 4.51. The molecule has 1 unspecified atom stereocenters. The molecule has 15 heteroatoms. The molecule has 1 fully saturated rings. The number of carboxylic acids is 1. The molecule has 0 amide bonds. The van der Waals surface area contributed by atoms with Crippen LogP contribution in [0.3, 0.4) is 0 Å². The number of carbonyl (C=O) groups is 2. The zero-order chi connectivity index (χ0) is 22.8. The number of nitrogen functional groups attached to an aromatic ring is 1. The second kappa shape index (κ2) is 9.26. The maximum absolute atomic E-state index is 12.1. The number of aromatic nitrogens is 3. The molecular weight excluding hydrogens is 437 g/mol. The topological polar surface area (TPSA) is 222 Å². The molecule has 5 atom stereocenters. The number of ether oxygens (including phenoxy) is 2. The summed E-state index contributed by atoms with van der Waals surface area (Å²) in [5.41, 5.74) is 12.5. The van der Waals surface area contributed by atoms with Crippen molar-refractivity contribution in [2.24, 2.45) is 5.73 Å². The summed E-state index contributed by atoms with van der Waals surface area (Å²) < 4.78 is 28.8. The van der Waals surface area contributed by atoms with E-state index in [1.165, 1.54) is 12.5 Å². The number of rotatable bonds is 9. The highest BCUT2D eigenvalue weighted by atomic mass is 31.2. The van der Waals surface area contributed by atoms with Crippen LogP contribution in [0.2, 0.25) is 0 Å². The number of hydrogen-bond acceptors (Lipinski definition) is 11. The maximum atomic E-state index is 12.1. The van der Waals surface area contributed by atoms with E-state index in [0.717, 1.165) is 0 Å². The van der Waals surface area contributed by atoms with Gasteiger partial charge in [0.05, 0.1) is 31.1 Å². The van der Waals surface area contributed by atoms with Crippen molar-refractivity contribution in [3.63, 3.8) is 0 Å². The number of nitrogens with two attached hydrogens (primary N) is 2. The van der Waals surface area contributed by atoms with Crippen LogP contribution in [0, 0.1) is 0 Å². The van der Waals surface area contributed by atoms with Crippen molar-refractivity contribution >= 4 is 36.4 Å². The Morgan fingerprint density at radius 2 is 2.16 bits per heavy atom. The monoisotopic (exact) mass is 459 g/mol. The lowest BCUT2D eigenvalue weighted by Gasteiger charge is -2.18. The van der Waals surface area contributed by atoms with Crippen molar-refractivity contribution in [2.45, 2.75) is 37.3 Å². The van der Waals surface area contributed by atoms with E-state index in [9.17, 15) is 24.2 Å². The summed E-state index contributed by atoms with van der Waals surface area (Å²) >= 11 is 0. The standard InChI is InChI=1S/C16H22N5O9P/c17-8-1-2-19-15-14(8)20-6-21(15)12-4-10(22)11(30-12)5-29-31(26,27)7-28-16(25)9(18)3-13(23)24/h1-2,6,9-12,22H,3-5,7,18H2,(H2,17,19)(H,23,24)(H,26,27)/t9-,10-,11+,12+/m0/s1. The largest absolute Gasteiger partial charge is 0.481 e.